The van der Waals surface area contributed by atoms with E-state index in [0.717, 1.165) is 5.75 Å². The molecule has 0 fully saturated rings. The van der Waals surface area contributed by atoms with Crippen LogP contribution in [0.15, 0.2) is 24.3 Å². The second kappa shape index (κ2) is 5.27. The molecule has 1 aromatic carbocycles. The molecule has 1 N–H and O–H groups in total. The number of carboxylic acid groups (broad SMARTS) is 1. The van der Waals surface area contributed by atoms with Crippen molar-refractivity contribution < 1.29 is 19.4 Å². The van der Waals surface area contributed by atoms with Gasteiger partial charge in [-0.2, -0.15) is 0 Å². The largest absolute Gasteiger partial charge is 0.486 e. The van der Waals surface area contributed by atoms with E-state index in [0.29, 0.717) is 18.9 Å². The van der Waals surface area contributed by atoms with Gasteiger partial charge in [0.15, 0.2) is 11.5 Å². The van der Waals surface area contributed by atoms with Gasteiger partial charge in [0.2, 0.25) is 0 Å². The zero-order valence-electron chi connectivity index (χ0n) is 10.5. The summed E-state index contributed by atoms with van der Waals surface area (Å²) in [4.78, 5) is 12.6. The molecule has 18 heavy (non-hydrogen) atoms. The first kappa shape index (κ1) is 12.7. The van der Waals surface area contributed by atoms with Gasteiger partial charge in [-0.3, -0.25) is 9.69 Å². The number of hydrogen-bond donors (Lipinski definition) is 1. The molecule has 1 aromatic rings. The molecule has 1 aliphatic heterocycles. The van der Waals surface area contributed by atoms with Crippen LogP contribution in [0.25, 0.3) is 0 Å². The molecule has 2 unspecified atom stereocenters. The molecule has 2 atom stereocenters. The molecular formula is C13H17NO4. The van der Waals surface area contributed by atoms with E-state index < -0.39 is 12.0 Å². The summed E-state index contributed by atoms with van der Waals surface area (Å²) in [6.45, 7) is 2.61. The smallest absolute Gasteiger partial charge is 0.320 e. The lowest BCUT2D eigenvalue weighted by Gasteiger charge is -2.30. The number of para-hydroxylation sites is 2. The van der Waals surface area contributed by atoms with Gasteiger partial charge >= 0.3 is 5.97 Å². The summed E-state index contributed by atoms with van der Waals surface area (Å²) >= 11 is 0. The van der Waals surface area contributed by atoms with Crippen molar-refractivity contribution >= 4 is 5.97 Å². The van der Waals surface area contributed by atoms with Crippen molar-refractivity contribution in [1.82, 2.24) is 4.90 Å². The van der Waals surface area contributed by atoms with E-state index in [2.05, 4.69) is 0 Å². The van der Waals surface area contributed by atoms with Crippen LogP contribution in [0.2, 0.25) is 0 Å². The number of rotatable bonds is 4. The number of fused-ring (bicyclic) bond motifs is 1. The predicted octanol–water partition coefficient (Wildman–Crippen LogP) is 1.23. The van der Waals surface area contributed by atoms with Crippen LogP contribution in [0.5, 0.6) is 11.5 Å². The van der Waals surface area contributed by atoms with Crippen molar-refractivity contribution in [2.75, 3.05) is 20.2 Å². The number of hydrogen-bond acceptors (Lipinski definition) is 4. The maximum atomic E-state index is 10.9. The third kappa shape index (κ3) is 2.73. The highest BCUT2D eigenvalue weighted by molar-refractivity contribution is 5.72. The predicted molar refractivity (Wildman–Crippen MR) is 66.1 cm³/mol. The van der Waals surface area contributed by atoms with Gasteiger partial charge in [0.1, 0.15) is 18.8 Å². The Morgan fingerprint density at radius 2 is 2.17 bits per heavy atom. The van der Waals surface area contributed by atoms with Crippen LogP contribution in [-0.2, 0) is 4.79 Å². The van der Waals surface area contributed by atoms with Crippen LogP contribution in [0.1, 0.15) is 6.92 Å². The van der Waals surface area contributed by atoms with Gasteiger partial charge in [0, 0.05) is 6.54 Å². The van der Waals surface area contributed by atoms with E-state index >= 15 is 0 Å². The summed E-state index contributed by atoms with van der Waals surface area (Å²) in [7, 11) is 1.77. The molecule has 0 saturated carbocycles. The minimum Gasteiger partial charge on any atom is -0.486 e. The van der Waals surface area contributed by atoms with Gasteiger partial charge < -0.3 is 14.6 Å². The van der Waals surface area contributed by atoms with E-state index in [4.69, 9.17) is 14.6 Å². The molecule has 0 spiro atoms. The van der Waals surface area contributed by atoms with Crippen molar-refractivity contribution in [2.45, 2.75) is 19.1 Å². The van der Waals surface area contributed by atoms with Gasteiger partial charge in [-0.25, -0.2) is 0 Å². The zero-order valence-corrected chi connectivity index (χ0v) is 10.5. The van der Waals surface area contributed by atoms with Crippen LogP contribution in [0.4, 0.5) is 0 Å². The molecule has 0 amide bonds. The van der Waals surface area contributed by atoms with E-state index in [-0.39, 0.29) is 6.10 Å². The van der Waals surface area contributed by atoms with Crippen LogP contribution in [-0.4, -0.2) is 48.3 Å². The van der Waals surface area contributed by atoms with Gasteiger partial charge in [-0.15, -0.1) is 0 Å². The van der Waals surface area contributed by atoms with Crippen molar-refractivity contribution in [3.05, 3.63) is 24.3 Å². The number of benzene rings is 1. The lowest BCUT2D eigenvalue weighted by molar-refractivity contribution is -0.142. The molecule has 0 bridgehead atoms. The molecule has 1 heterocycles. The second-order valence-electron chi connectivity index (χ2n) is 4.45. The maximum absolute atomic E-state index is 10.9. The van der Waals surface area contributed by atoms with Crippen LogP contribution < -0.4 is 9.47 Å². The van der Waals surface area contributed by atoms with Crippen molar-refractivity contribution in [3.8, 4) is 11.5 Å². The first-order valence-electron chi connectivity index (χ1n) is 5.89. The first-order valence-corrected chi connectivity index (χ1v) is 5.89. The normalized spacial score (nSPS) is 19.6. The fourth-order valence-electron chi connectivity index (χ4n) is 1.82. The number of carbonyl (C=O) groups is 1. The lowest BCUT2D eigenvalue weighted by atomic mass is 10.2. The molecule has 0 radical (unpaired) electrons. The maximum Gasteiger partial charge on any atom is 0.320 e. The Bertz CT molecular complexity index is 435. The molecular weight excluding hydrogens is 234 g/mol. The number of likely N-dealkylation sites (N-methyl/N-ethyl adjacent to an activating group) is 1. The zero-order chi connectivity index (χ0) is 13.1. The van der Waals surface area contributed by atoms with Gasteiger partial charge in [-0.1, -0.05) is 12.1 Å². The summed E-state index contributed by atoms with van der Waals surface area (Å²) in [6.07, 6.45) is -0.147. The number of aliphatic carboxylic acids is 1. The minimum atomic E-state index is -0.838. The first-order chi connectivity index (χ1) is 8.58. The Morgan fingerprint density at radius 1 is 1.50 bits per heavy atom. The van der Waals surface area contributed by atoms with E-state index in [9.17, 15) is 4.79 Å². The van der Waals surface area contributed by atoms with Crippen LogP contribution in [0.3, 0.4) is 0 Å². The number of ether oxygens (including phenoxy) is 2. The summed E-state index contributed by atoms with van der Waals surface area (Å²) in [6, 6.07) is 6.94. The fraction of sp³-hybridized carbons (Fsp3) is 0.462. The molecule has 5 nitrogen and oxygen atoms in total. The highest BCUT2D eigenvalue weighted by Crippen LogP contribution is 2.30. The third-order valence-electron chi connectivity index (χ3n) is 3.08. The molecule has 1 aliphatic rings. The van der Waals surface area contributed by atoms with Gasteiger partial charge in [-0.05, 0) is 26.1 Å². The van der Waals surface area contributed by atoms with E-state index in [1.165, 1.54) is 0 Å². The summed E-state index contributed by atoms with van der Waals surface area (Å²) < 4.78 is 11.4. The Balaban J connectivity index is 1.95. The Morgan fingerprint density at radius 3 is 2.83 bits per heavy atom. The summed E-state index contributed by atoms with van der Waals surface area (Å²) in [5.74, 6) is 0.613. The molecule has 0 aliphatic carbocycles. The molecule has 5 heteroatoms. The molecule has 0 saturated heterocycles. The monoisotopic (exact) mass is 251 g/mol. The average Bonchev–Trinajstić information content (AvgIpc) is 2.37. The van der Waals surface area contributed by atoms with Crippen LogP contribution >= 0.6 is 0 Å². The molecule has 98 valence electrons. The Hall–Kier alpha value is -1.75. The number of carboxylic acids is 1. The standard InChI is InChI=1S/C13H17NO4/c1-9(13(15)16)14(2)7-10-8-17-11-5-3-4-6-12(11)18-10/h3-6,9-10H,7-8H2,1-2H3,(H,15,16). The highest BCUT2D eigenvalue weighted by atomic mass is 16.6. The fourth-order valence-corrected chi connectivity index (χ4v) is 1.82. The van der Waals surface area contributed by atoms with Crippen molar-refractivity contribution in [3.63, 3.8) is 0 Å². The number of nitrogens with zero attached hydrogens (tertiary/aromatic N) is 1. The third-order valence-corrected chi connectivity index (χ3v) is 3.08. The van der Waals surface area contributed by atoms with Gasteiger partial charge in [0.25, 0.3) is 0 Å². The Kier molecular flexibility index (Phi) is 3.72. The summed E-state index contributed by atoms with van der Waals surface area (Å²) in [5.41, 5.74) is 0. The van der Waals surface area contributed by atoms with E-state index in [1.807, 2.05) is 24.3 Å². The lowest BCUT2D eigenvalue weighted by Crippen LogP contribution is -2.45. The summed E-state index contributed by atoms with van der Waals surface area (Å²) in [5, 5.41) is 8.93. The second-order valence-corrected chi connectivity index (χ2v) is 4.45. The highest BCUT2D eigenvalue weighted by Gasteiger charge is 2.25. The molecule has 0 aromatic heterocycles. The van der Waals surface area contributed by atoms with Crippen molar-refractivity contribution in [1.29, 1.82) is 0 Å². The van der Waals surface area contributed by atoms with Crippen LogP contribution in [0, 0.1) is 0 Å². The minimum absolute atomic E-state index is 0.147. The molecule has 2 rings (SSSR count). The quantitative estimate of drug-likeness (QED) is 0.872. The Labute approximate surface area is 106 Å². The van der Waals surface area contributed by atoms with E-state index in [1.54, 1.807) is 18.9 Å². The SMILES string of the molecule is CC(C(=O)O)N(C)CC1COc2ccccc2O1. The average molecular weight is 251 g/mol. The van der Waals surface area contributed by atoms with Gasteiger partial charge in [0.05, 0.1) is 0 Å². The topological polar surface area (TPSA) is 59.0 Å². The van der Waals surface area contributed by atoms with Crippen molar-refractivity contribution in [2.24, 2.45) is 0 Å².